The minimum absolute atomic E-state index is 0.0566. The molecule has 2 aliphatic heterocycles. The first-order chi connectivity index (χ1) is 12.1. The summed E-state index contributed by atoms with van der Waals surface area (Å²) in [6.45, 7) is 7.67. The molecule has 1 aromatic heterocycles. The topological polar surface area (TPSA) is 67.4 Å². The summed E-state index contributed by atoms with van der Waals surface area (Å²) in [6, 6.07) is 1.87. The number of aromatic nitrogens is 2. The summed E-state index contributed by atoms with van der Waals surface area (Å²) in [5.74, 6) is 1.14. The van der Waals surface area contributed by atoms with Crippen LogP contribution >= 0.6 is 0 Å². The van der Waals surface area contributed by atoms with Gasteiger partial charge in [-0.1, -0.05) is 11.6 Å². The SMILES string of the molecule is CC1=CCCN(C(=O)C(CNc2nccc(C)n2)C2CCOCC2)C1. The fourth-order valence-corrected chi connectivity index (χ4v) is 3.64. The molecule has 1 saturated heterocycles. The van der Waals surface area contributed by atoms with Crippen molar-refractivity contribution < 1.29 is 9.53 Å². The second-order valence-corrected chi connectivity index (χ2v) is 7.06. The average Bonchev–Trinajstić information content (AvgIpc) is 2.63. The number of amides is 1. The van der Waals surface area contributed by atoms with Crippen molar-refractivity contribution in [2.24, 2.45) is 11.8 Å². The molecule has 0 aromatic carbocycles. The van der Waals surface area contributed by atoms with Crippen molar-refractivity contribution in [3.63, 3.8) is 0 Å². The smallest absolute Gasteiger partial charge is 0.228 e. The van der Waals surface area contributed by atoms with Gasteiger partial charge in [0.25, 0.3) is 0 Å². The highest BCUT2D eigenvalue weighted by Crippen LogP contribution is 2.27. The largest absolute Gasteiger partial charge is 0.381 e. The van der Waals surface area contributed by atoms with Gasteiger partial charge in [0.1, 0.15) is 0 Å². The van der Waals surface area contributed by atoms with E-state index >= 15 is 0 Å². The molecule has 1 N–H and O–H groups in total. The molecule has 3 rings (SSSR count). The van der Waals surface area contributed by atoms with Gasteiger partial charge in [-0.05, 0) is 45.1 Å². The summed E-state index contributed by atoms with van der Waals surface area (Å²) in [5, 5.41) is 3.29. The minimum Gasteiger partial charge on any atom is -0.381 e. The van der Waals surface area contributed by atoms with Crippen LogP contribution in [0.1, 0.15) is 31.9 Å². The van der Waals surface area contributed by atoms with E-state index in [0.717, 1.165) is 51.3 Å². The number of carbonyl (C=O) groups excluding carboxylic acids is 1. The zero-order valence-electron chi connectivity index (χ0n) is 15.2. The Labute approximate surface area is 149 Å². The van der Waals surface area contributed by atoms with E-state index in [9.17, 15) is 4.79 Å². The summed E-state index contributed by atoms with van der Waals surface area (Å²) in [7, 11) is 0. The quantitative estimate of drug-likeness (QED) is 0.831. The lowest BCUT2D eigenvalue weighted by molar-refractivity contribution is -0.137. The number of ether oxygens (including phenoxy) is 1. The molecule has 1 aromatic rings. The first-order valence-electron chi connectivity index (χ1n) is 9.19. The number of anilines is 1. The Bertz CT molecular complexity index is 626. The van der Waals surface area contributed by atoms with E-state index < -0.39 is 0 Å². The molecule has 6 nitrogen and oxygen atoms in total. The number of nitrogens with one attached hydrogen (secondary N) is 1. The summed E-state index contributed by atoms with van der Waals surface area (Å²) >= 11 is 0. The van der Waals surface area contributed by atoms with Gasteiger partial charge in [-0.2, -0.15) is 0 Å². The molecule has 1 unspecified atom stereocenters. The average molecular weight is 344 g/mol. The van der Waals surface area contributed by atoms with E-state index in [-0.39, 0.29) is 11.8 Å². The molecule has 1 atom stereocenters. The molecule has 0 radical (unpaired) electrons. The van der Waals surface area contributed by atoms with Crippen molar-refractivity contribution in [3.8, 4) is 0 Å². The first kappa shape index (κ1) is 17.9. The van der Waals surface area contributed by atoms with Crippen molar-refractivity contribution in [2.45, 2.75) is 33.1 Å². The van der Waals surface area contributed by atoms with Gasteiger partial charge in [0.05, 0.1) is 5.92 Å². The molecular weight excluding hydrogens is 316 g/mol. The number of aryl methyl sites for hydroxylation is 1. The minimum atomic E-state index is -0.0566. The molecule has 1 fully saturated rings. The molecule has 0 bridgehead atoms. The normalized spacial score (nSPS) is 20.1. The van der Waals surface area contributed by atoms with Crippen LogP contribution < -0.4 is 5.32 Å². The lowest BCUT2D eigenvalue weighted by Crippen LogP contribution is -2.45. The van der Waals surface area contributed by atoms with Gasteiger partial charge in [0, 0.05) is 44.7 Å². The van der Waals surface area contributed by atoms with Crippen LogP contribution in [0.2, 0.25) is 0 Å². The Morgan fingerprint density at radius 3 is 2.92 bits per heavy atom. The fraction of sp³-hybridized carbons (Fsp3) is 0.632. The second-order valence-electron chi connectivity index (χ2n) is 7.06. The molecule has 6 heteroatoms. The zero-order chi connectivity index (χ0) is 17.6. The summed E-state index contributed by atoms with van der Waals surface area (Å²) in [4.78, 5) is 23.9. The maximum atomic E-state index is 13.2. The highest BCUT2D eigenvalue weighted by atomic mass is 16.5. The van der Waals surface area contributed by atoms with Gasteiger partial charge >= 0.3 is 0 Å². The molecule has 1 amide bonds. The number of hydrogen-bond acceptors (Lipinski definition) is 5. The predicted molar refractivity (Wildman–Crippen MR) is 97.2 cm³/mol. The molecule has 2 aliphatic rings. The highest BCUT2D eigenvalue weighted by molar-refractivity contribution is 5.80. The van der Waals surface area contributed by atoms with Crippen LogP contribution in [0.3, 0.4) is 0 Å². The maximum absolute atomic E-state index is 13.2. The van der Waals surface area contributed by atoms with E-state index in [1.807, 2.05) is 17.9 Å². The van der Waals surface area contributed by atoms with Crippen molar-refractivity contribution in [2.75, 3.05) is 38.2 Å². The van der Waals surface area contributed by atoms with E-state index in [1.54, 1.807) is 6.20 Å². The van der Waals surface area contributed by atoms with Gasteiger partial charge in [0.15, 0.2) is 0 Å². The molecule has 0 aliphatic carbocycles. The van der Waals surface area contributed by atoms with Crippen LogP contribution in [-0.2, 0) is 9.53 Å². The van der Waals surface area contributed by atoms with Gasteiger partial charge in [-0.15, -0.1) is 0 Å². The van der Waals surface area contributed by atoms with Crippen molar-refractivity contribution >= 4 is 11.9 Å². The van der Waals surface area contributed by atoms with Crippen LogP contribution in [0, 0.1) is 18.8 Å². The van der Waals surface area contributed by atoms with Gasteiger partial charge in [-0.3, -0.25) is 4.79 Å². The molecular formula is C19H28N4O2. The zero-order valence-corrected chi connectivity index (χ0v) is 15.2. The Kier molecular flexibility index (Phi) is 6.02. The van der Waals surface area contributed by atoms with Crippen LogP contribution in [-0.4, -0.2) is 53.6 Å². The summed E-state index contributed by atoms with van der Waals surface area (Å²) < 4.78 is 5.49. The number of nitrogens with zero attached hydrogens (tertiary/aromatic N) is 3. The molecule has 0 saturated carbocycles. The van der Waals surface area contributed by atoms with Crippen LogP contribution in [0.25, 0.3) is 0 Å². The van der Waals surface area contributed by atoms with E-state index in [1.165, 1.54) is 5.57 Å². The second kappa shape index (κ2) is 8.43. The van der Waals surface area contributed by atoms with Crippen molar-refractivity contribution in [1.29, 1.82) is 0 Å². The third kappa shape index (κ3) is 4.78. The lowest BCUT2D eigenvalue weighted by Gasteiger charge is -2.35. The predicted octanol–water partition coefficient (Wildman–Crippen LogP) is 2.42. The van der Waals surface area contributed by atoms with Gasteiger partial charge in [-0.25, -0.2) is 9.97 Å². The highest BCUT2D eigenvalue weighted by Gasteiger charge is 2.33. The number of rotatable bonds is 5. The standard InChI is InChI=1S/C19H28N4O2/c1-14-4-3-9-23(13-14)18(24)17(16-6-10-25-11-7-16)12-21-19-20-8-5-15(2)22-19/h4-5,8,16-17H,3,6-7,9-13H2,1-2H3,(H,20,21,22). The molecule has 136 valence electrons. The van der Waals surface area contributed by atoms with Crippen LogP contribution in [0.4, 0.5) is 5.95 Å². The third-order valence-electron chi connectivity index (χ3n) is 5.07. The fourth-order valence-electron chi connectivity index (χ4n) is 3.64. The Morgan fingerprint density at radius 1 is 1.40 bits per heavy atom. The summed E-state index contributed by atoms with van der Waals surface area (Å²) in [5.41, 5.74) is 2.20. The Hall–Kier alpha value is -1.95. The van der Waals surface area contributed by atoms with E-state index in [0.29, 0.717) is 18.4 Å². The van der Waals surface area contributed by atoms with Crippen LogP contribution in [0.15, 0.2) is 23.9 Å². The lowest BCUT2D eigenvalue weighted by atomic mass is 9.84. The van der Waals surface area contributed by atoms with Crippen molar-refractivity contribution in [3.05, 3.63) is 29.6 Å². The molecule has 0 spiro atoms. The summed E-state index contributed by atoms with van der Waals surface area (Å²) in [6.07, 6.45) is 6.80. The third-order valence-corrected chi connectivity index (χ3v) is 5.07. The Balaban J connectivity index is 1.70. The van der Waals surface area contributed by atoms with E-state index in [4.69, 9.17) is 4.74 Å². The maximum Gasteiger partial charge on any atom is 0.228 e. The van der Waals surface area contributed by atoms with E-state index in [2.05, 4.69) is 28.3 Å². The number of carbonyl (C=O) groups is 1. The van der Waals surface area contributed by atoms with Crippen molar-refractivity contribution in [1.82, 2.24) is 14.9 Å². The first-order valence-corrected chi connectivity index (χ1v) is 9.19. The monoisotopic (exact) mass is 344 g/mol. The number of hydrogen-bond donors (Lipinski definition) is 1. The van der Waals surface area contributed by atoms with Gasteiger partial charge < -0.3 is 15.0 Å². The Morgan fingerprint density at radius 2 is 2.20 bits per heavy atom. The van der Waals surface area contributed by atoms with Crippen LogP contribution in [0.5, 0.6) is 0 Å². The molecule has 25 heavy (non-hydrogen) atoms. The molecule has 3 heterocycles. The van der Waals surface area contributed by atoms with Gasteiger partial charge in [0.2, 0.25) is 11.9 Å².